The van der Waals surface area contributed by atoms with Gasteiger partial charge in [0.25, 0.3) is 0 Å². The van der Waals surface area contributed by atoms with Gasteiger partial charge in [0.1, 0.15) is 5.75 Å². The van der Waals surface area contributed by atoms with Crippen LogP contribution in [0.15, 0.2) is 18.2 Å². The Balaban J connectivity index is 3.16. The molecular formula is C9H10N2O3S. The molecule has 15 heavy (non-hydrogen) atoms. The van der Waals surface area contributed by atoms with Crippen molar-refractivity contribution in [2.24, 2.45) is 5.73 Å². The van der Waals surface area contributed by atoms with Gasteiger partial charge in [0.15, 0.2) is 5.11 Å². The Morgan fingerprint density at radius 3 is 2.73 bits per heavy atom. The van der Waals surface area contributed by atoms with E-state index in [1.54, 1.807) is 6.07 Å². The van der Waals surface area contributed by atoms with E-state index in [9.17, 15) is 4.79 Å². The van der Waals surface area contributed by atoms with Crippen molar-refractivity contribution in [2.75, 3.05) is 12.4 Å². The zero-order valence-corrected chi connectivity index (χ0v) is 8.80. The summed E-state index contributed by atoms with van der Waals surface area (Å²) in [6.45, 7) is 0. The molecule has 1 rings (SSSR count). The predicted molar refractivity (Wildman–Crippen MR) is 60.4 cm³/mol. The molecule has 0 fully saturated rings. The van der Waals surface area contributed by atoms with E-state index in [1.807, 2.05) is 0 Å². The summed E-state index contributed by atoms with van der Waals surface area (Å²) in [5, 5.41) is 11.5. The van der Waals surface area contributed by atoms with E-state index >= 15 is 0 Å². The van der Waals surface area contributed by atoms with Crippen molar-refractivity contribution in [3.05, 3.63) is 23.8 Å². The van der Waals surface area contributed by atoms with Gasteiger partial charge >= 0.3 is 5.97 Å². The van der Waals surface area contributed by atoms with E-state index in [-0.39, 0.29) is 10.7 Å². The first-order valence-corrected chi connectivity index (χ1v) is 4.43. The highest BCUT2D eigenvalue weighted by molar-refractivity contribution is 7.80. The molecule has 0 spiro atoms. The molecule has 0 radical (unpaired) electrons. The number of hydrogen-bond donors (Lipinski definition) is 3. The maximum Gasteiger partial charge on any atom is 0.337 e. The van der Waals surface area contributed by atoms with Gasteiger partial charge in [-0.3, -0.25) is 0 Å². The van der Waals surface area contributed by atoms with Crippen LogP contribution in [0, 0.1) is 0 Å². The number of ether oxygens (including phenoxy) is 1. The molecule has 0 atom stereocenters. The van der Waals surface area contributed by atoms with Gasteiger partial charge in [-0.15, -0.1) is 0 Å². The van der Waals surface area contributed by atoms with Crippen molar-refractivity contribution in [1.29, 1.82) is 0 Å². The van der Waals surface area contributed by atoms with Crippen molar-refractivity contribution < 1.29 is 14.6 Å². The summed E-state index contributed by atoms with van der Waals surface area (Å²) in [5.41, 5.74) is 5.67. The summed E-state index contributed by atoms with van der Waals surface area (Å²) in [6, 6.07) is 4.48. The van der Waals surface area contributed by atoms with E-state index in [2.05, 4.69) is 17.5 Å². The van der Waals surface area contributed by atoms with Gasteiger partial charge < -0.3 is 20.9 Å². The van der Waals surface area contributed by atoms with E-state index in [4.69, 9.17) is 15.6 Å². The lowest BCUT2D eigenvalue weighted by Crippen LogP contribution is -2.20. The van der Waals surface area contributed by atoms with Crippen LogP contribution in [0.25, 0.3) is 0 Å². The first-order chi connectivity index (χ1) is 7.04. The Morgan fingerprint density at radius 2 is 2.27 bits per heavy atom. The minimum Gasteiger partial charge on any atom is -0.497 e. The number of nitrogens with two attached hydrogens (primary N) is 1. The van der Waals surface area contributed by atoms with Crippen LogP contribution in [0.2, 0.25) is 0 Å². The van der Waals surface area contributed by atoms with Crippen LogP contribution in [0.4, 0.5) is 5.69 Å². The molecule has 0 saturated heterocycles. The zero-order chi connectivity index (χ0) is 11.4. The summed E-state index contributed by atoms with van der Waals surface area (Å²) < 4.78 is 4.95. The number of benzene rings is 1. The average Bonchev–Trinajstić information content (AvgIpc) is 2.16. The fourth-order valence-electron chi connectivity index (χ4n) is 1.07. The summed E-state index contributed by atoms with van der Waals surface area (Å²) in [7, 11) is 1.49. The molecule has 0 aliphatic carbocycles. The van der Waals surface area contributed by atoms with Crippen molar-refractivity contribution in [3.8, 4) is 5.75 Å². The number of aromatic carboxylic acids is 1. The first kappa shape index (κ1) is 11.3. The largest absolute Gasteiger partial charge is 0.497 e. The Hall–Kier alpha value is -1.82. The van der Waals surface area contributed by atoms with Crippen molar-refractivity contribution >= 4 is 29.0 Å². The van der Waals surface area contributed by atoms with Gasteiger partial charge in [-0.25, -0.2) is 4.79 Å². The predicted octanol–water partition coefficient (Wildman–Crippen LogP) is 1.05. The second-order valence-electron chi connectivity index (χ2n) is 2.71. The summed E-state index contributed by atoms with van der Waals surface area (Å²) in [4.78, 5) is 10.8. The molecule has 0 aliphatic heterocycles. The number of nitrogens with one attached hydrogen (secondary N) is 1. The van der Waals surface area contributed by atoms with Crippen molar-refractivity contribution in [1.82, 2.24) is 0 Å². The molecule has 0 aliphatic rings. The molecule has 4 N–H and O–H groups in total. The molecule has 0 bridgehead atoms. The molecular weight excluding hydrogens is 216 g/mol. The highest BCUT2D eigenvalue weighted by Gasteiger charge is 2.11. The van der Waals surface area contributed by atoms with Gasteiger partial charge in [-0.2, -0.15) is 0 Å². The third-order valence-electron chi connectivity index (χ3n) is 1.72. The topological polar surface area (TPSA) is 84.6 Å². The van der Waals surface area contributed by atoms with Crippen LogP contribution in [-0.2, 0) is 0 Å². The zero-order valence-electron chi connectivity index (χ0n) is 7.98. The lowest BCUT2D eigenvalue weighted by Gasteiger charge is -2.09. The third kappa shape index (κ3) is 2.81. The third-order valence-corrected chi connectivity index (χ3v) is 1.82. The standard InChI is InChI=1S/C9H10N2O3S/c1-14-5-2-3-6(8(12)13)7(4-5)11-9(10)15/h2-4H,1H3,(H,12,13)(H3,10,11,15). The van der Waals surface area contributed by atoms with Gasteiger partial charge in [0, 0.05) is 6.07 Å². The fourth-order valence-corrected chi connectivity index (χ4v) is 1.18. The van der Waals surface area contributed by atoms with Gasteiger partial charge in [-0.1, -0.05) is 0 Å². The van der Waals surface area contributed by atoms with E-state index < -0.39 is 5.97 Å². The van der Waals surface area contributed by atoms with E-state index in [1.165, 1.54) is 19.2 Å². The number of thiocarbonyl (C=S) groups is 1. The molecule has 1 aromatic rings. The first-order valence-electron chi connectivity index (χ1n) is 4.02. The molecule has 5 nitrogen and oxygen atoms in total. The Bertz CT molecular complexity index is 406. The van der Waals surface area contributed by atoms with Crippen LogP contribution < -0.4 is 15.8 Å². The van der Waals surface area contributed by atoms with Gasteiger partial charge in [-0.05, 0) is 24.4 Å². The van der Waals surface area contributed by atoms with E-state index in [0.29, 0.717) is 11.4 Å². The van der Waals surface area contributed by atoms with Gasteiger partial charge in [0.2, 0.25) is 0 Å². The van der Waals surface area contributed by atoms with Crippen LogP contribution >= 0.6 is 12.2 Å². The Morgan fingerprint density at radius 1 is 1.60 bits per heavy atom. The maximum atomic E-state index is 10.8. The number of methoxy groups -OCH3 is 1. The lowest BCUT2D eigenvalue weighted by molar-refractivity contribution is 0.0698. The number of anilines is 1. The molecule has 0 unspecified atom stereocenters. The fraction of sp³-hybridized carbons (Fsp3) is 0.111. The lowest BCUT2D eigenvalue weighted by atomic mass is 10.1. The SMILES string of the molecule is COc1ccc(C(=O)O)c(NC(N)=S)c1. The summed E-state index contributed by atoms with van der Waals surface area (Å²) in [5.74, 6) is -0.532. The number of carboxylic acid groups (broad SMARTS) is 1. The van der Waals surface area contributed by atoms with Crippen LogP contribution in [0.5, 0.6) is 5.75 Å². The van der Waals surface area contributed by atoms with Crippen LogP contribution in [0.3, 0.4) is 0 Å². The molecule has 0 aromatic heterocycles. The summed E-state index contributed by atoms with van der Waals surface area (Å²) in [6.07, 6.45) is 0. The quantitative estimate of drug-likeness (QED) is 0.668. The Kier molecular flexibility index (Phi) is 3.46. The highest BCUT2D eigenvalue weighted by Crippen LogP contribution is 2.22. The smallest absolute Gasteiger partial charge is 0.337 e. The van der Waals surface area contributed by atoms with Gasteiger partial charge in [0.05, 0.1) is 18.4 Å². The Labute approximate surface area is 91.8 Å². The molecule has 1 aromatic carbocycles. The summed E-state index contributed by atoms with van der Waals surface area (Å²) >= 11 is 4.64. The minimum atomic E-state index is -1.06. The van der Waals surface area contributed by atoms with E-state index in [0.717, 1.165) is 0 Å². The highest BCUT2D eigenvalue weighted by atomic mass is 32.1. The maximum absolute atomic E-state index is 10.8. The minimum absolute atomic E-state index is 0.00533. The van der Waals surface area contributed by atoms with Crippen molar-refractivity contribution in [3.63, 3.8) is 0 Å². The number of hydrogen-bond acceptors (Lipinski definition) is 3. The molecule has 0 heterocycles. The normalized spacial score (nSPS) is 9.40. The molecule has 80 valence electrons. The second-order valence-corrected chi connectivity index (χ2v) is 3.15. The number of carbonyl (C=O) groups is 1. The monoisotopic (exact) mass is 226 g/mol. The number of rotatable bonds is 3. The molecule has 6 heteroatoms. The second kappa shape index (κ2) is 4.61. The van der Waals surface area contributed by atoms with Crippen LogP contribution in [0.1, 0.15) is 10.4 Å². The van der Waals surface area contributed by atoms with Crippen molar-refractivity contribution in [2.45, 2.75) is 0 Å². The average molecular weight is 226 g/mol. The molecule has 0 saturated carbocycles. The number of carboxylic acids is 1. The van der Waals surface area contributed by atoms with Crippen LogP contribution in [-0.4, -0.2) is 23.3 Å². The molecule has 0 amide bonds.